The molecule has 2 aromatic rings. The third-order valence-electron chi connectivity index (χ3n) is 2.91. The van der Waals surface area contributed by atoms with Crippen LogP contribution >= 0.6 is 18.2 Å². The molecule has 0 bridgehead atoms. The summed E-state index contributed by atoms with van der Waals surface area (Å²) in [6.07, 6.45) is 0. The number of hydrogen-bond donors (Lipinski definition) is 1. The number of hydroxylamine groups is 1. The van der Waals surface area contributed by atoms with Crippen LogP contribution in [-0.4, -0.2) is 18.6 Å². The van der Waals surface area contributed by atoms with Crippen LogP contribution in [0, 0.1) is 0 Å². The van der Waals surface area contributed by atoms with E-state index in [-0.39, 0.29) is 5.75 Å². The van der Waals surface area contributed by atoms with Gasteiger partial charge in [0.05, 0.1) is 6.61 Å². The Balaban J connectivity index is 2.11. The molecule has 0 saturated heterocycles. The van der Waals surface area contributed by atoms with Crippen molar-refractivity contribution in [3.05, 3.63) is 42.5 Å². The lowest BCUT2D eigenvalue weighted by Gasteiger charge is -2.17. The molecule has 2 rings (SSSR count). The Morgan fingerprint density at radius 2 is 1.96 bits per heavy atom. The molecule has 0 aliphatic carbocycles. The van der Waals surface area contributed by atoms with Gasteiger partial charge in [-0.1, -0.05) is 36.4 Å². The van der Waals surface area contributed by atoms with E-state index in [0.717, 1.165) is 5.39 Å². The van der Waals surface area contributed by atoms with E-state index >= 15 is 0 Å². The van der Waals surface area contributed by atoms with Crippen LogP contribution in [0.5, 0.6) is 5.75 Å². The number of rotatable bonds is 7. The first-order valence-corrected chi connectivity index (χ1v) is 9.45. The molecule has 1 unspecified atom stereocenters. The zero-order valence-electron chi connectivity index (χ0n) is 12.7. The van der Waals surface area contributed by atoms with E-state index in [2.05, 4.69) is 5.48 Å². The highest BCUT2D eigenvalue weighted by molar-refractivity contribution is 7.82. The maximum absolute atomic E-state index is 12.2. The van der Waals surface area contributed by atoms with Crippen molar-refractivity contribution in [3.63, 3.8) is 0 Å². The average molecular weight is 358 g/mol. The second-order valence-corrected chi connectivity index (χ2v) is 7.15. The van der Waals surface area contributed by atoms with E-state index in [1.165, 1.54) is 6.92 Å². The lowest BCUT2D eigenvalue weighted by atomic mass is 10.1. The zero-order chi connectivity index (χ0) is 16.9. The molecular weight excluding hydrogens is 341 g/mol. The molecule has 23 heavy (non-hydrogen) atoms. The monoisotopic (exact) mass is 357 g/mol. The van der Waals surface area contributed by atoms with E-state index in [9.17, 15) is 9.36 Å². The lowest BCUT2D eigenvalue weighted by Crippen LogP contribution is -2.34. The van der Waals surface area contributed by atoms with Crippen LogP contribution in [0.15, 0.2) is 42.5 Å². The van der Waals surface area contributed by atoms with E-state index < -0.39 is 19.0 Å². The lowest BCUT2D eigenvalue weighted by molar-refractivity contribution is -0.140. The summed E-state index contributed by atoms with van der Waals surface area (Å²) < 4.78 is 22.3. The number of benzene rings is 2. The second-order valence-electron chi connectivity index (χ2n) is 4.68. The minimum atomic E-state index is -4.13. The summed E-state index contributed by atoms with van der Waals surface area (Å²) in [6, 6.07) is 11.7. The maximum atomic E-state index is 12.2. The van der Waals surface area contributed by atoms with E-state index in [4.69, 9.17) is 25.1 Å². The van der Waals surface area contributed by atoms with Crippen LogP contribution in [0.25, 0.3) is 10.8 Å². The van der Waals surface area contributed by atoms with Crippen LogP contribution in [0.2, 0.25) is 0 Å². The average Bonchev–Trinajstić information content (AvgIpc) is 2.52. The molecule has 0 saturated carbocycles. The molecule has 2 aromatic carbocycles. The summed E-state index contributed by atoms with van der Waals surface area (Å²) >= 11 is 5.77. The first-order chi connectivity index (χ1) is 10.9. The summed E-state index contributed by atoms with van der Waals surface area (Å²) in [6.45, 7) is -0.526. The van der Waals surface area contributed by atoms with Gasteiger partial charge in [-0.3, -0.25) is 0 Å². The van der Waals surface area contributed by atoms with E-state index in [1.807, 2.05) is 24.3 Å². The molecule has 0 spiro atoms. The van der Waals surface area contributed by atoms with Gasteiger partial charge in [-0.05, 0) is 25.3 Å². The Morgan fingerprint density at radius 3 is 2.70 bits per heavy atom. The molecule has 0 amide bonds. The largest absolute Gasteiger partial charge is 0.532 e. The Morgan fingerprint density at radius 1 is 1.26 bits per heavy atom. The van der Waals surface area contributed by atoms with Gasteiger partial charge in [0.2, 0.25) is 0 Å². The van der Waals surface area contributed by atoms with E-state index in [0.29, 0.717) is 12.0 Å². The van der Waals surface area contributed by atoms with Crippen LogP contribution in [-0.2, 0) is 18.7 Å². The van der Waals surface area contributed by atoms with Gasteiger partial charge >= 0.3 is 12.9 Å². The summed E-state index contributed by atoms with van der Waals surface area (Å²) in [5, 5.41) is 1.60. The summed E-state index contributed by atoms with van der Waals surface area (Å²) in [5.74, 6) is -0.559. The highest BCUT2D eigenvalue weighted by Gasteiger charge is 2.31. The fourth-order valence-electron chi connectivity index (χ4n) is 1.85. The summed E-state index contributed by atoms with van der Waals surface area (Å²) in [4.78, 5) is 16.7. The molecule has 8 heteroatoms. The normalized spacial score (nSPS) is 14.9. The zero-order valence-corrected chi connectivity index (χ0v) is 14.3. The highest BCUT2D eigenvalue weighted by Crippen LogP contribution is 2.54. The van der Waals surface area contributed by atoms with Crippen LogP contribution in [0.1, 0.15) is 13.8 Å². The Hall–Kier alpha value is -1.59. The van der Waals surface area contributed by atoms with Crippen molar-refractivity contribution in [2.75, 3.05) is 6.61 Å². The molecule has 2 atom stereocenters. The van der Waals surface area contributed by atoms with Crippen molar-refractivity contribution < 1.29 is 23.2 Å². The van der Waals surface area contributed by atoms with Gasteiger partial charge in [0.15, 0.2) is 0 Å². The number of fused-ring (bicyclic) bond motifs is 1. The fraction of sp³-hybridized carbons (Fsp3) is 0.267. The molecule has 0 aliphatic heterocycles. The Bertz CT molecular complexity index is 733. The van der Waals surface area contributed by atoms with Crippen LogP contribution in [0.3, 0.4) is 0 Å². The molecular formula is C15H17ClNO5P. The van der Waals surface area contributed by atoms with Crippen molar-refractivity contribution in [2.24, 2.45) is 0 Å². The van der Waals surface area contributed by atoms with Crippen molar-refractivity contribution in [1.82, 2.24) is 5.48 Å². The number of carbonyl (C=O) groups excluding carboxylic acids is 1. The smallest absolute Gasteiger partial charge is 0.404 e. The van der Waals surface area contributed by atoms with Crippen LogP contribution < -0.4 is 10.0 Å². The van der Waals surface area contributed by atoms with Crippen LogP contribution in [0.4, 0.5) is 0 Å². The highest BCUT2D eigenvalue weighted by atomic mass is 35.7. The molecule has 0 aromatic heterocycles. The predicted octanol–water partition coefficient (Wildman–Crippen LogP) is 4.04. The number of halogens is 1. The Labute approximate surface area is 139 Å². The SMILES string of the molecule is CCON[C@@H](C)C(=O)OP(=O)(Cl)Oc1cccc2ccccc12. The predicted molar refractivity (Wildman–Crippen MR) is 88.4 cm³/mol. The van der Waals surface area contributed by atoms with Crippen molar-refractivity contribution in [1.29, 1.82) is 0 Å². The standard InChI is InChI=1S/C15H17ClNO5P/c1-3-20-17-11(2)15(18)22-23(16,19)21-14-10-6-8-12-7-4-5-9-13(12)14/h4-11,17H,3H2,1-2H3/t11-,23?/m0/s1. The van der Waals surface area contributed by atoms with Crippen molar-refractivity contribution in [3.8, 4) is 5.75 Å². The number of nitrogens with one attached hydrogen (secondary N) is 1. The number of hydrogen-bond acceptors (Lipinski definition) is 6. The quantitative estimate of drug-likeness (QED) is 0.595. The first-order valence-electron chi connectivity index (χ1n) is 7.01. The molecule has 124 valence electrons. The number of carbonyl (C=O) groups is 1. The maximum Gasteiger partial charge on any atom is 0.532 e. The molecule has 0 radical (unpaired) electrons. The van der Waals surface area contributed by atoms with Crippen molar-refractivity contribution >= 4 is 34.9 Å². The summed E-state index contributed by atoms with van der Waals surface area (Å²) in [5.41, 5.74) is 2.44. The fourth-order valence-corrected chi connectivity index (χ4v) is 3.09. The van der Waals surface area contributed by atoms with Gasteiger partial charge in [0.1, 0.15) is 11.8 Å². The van der Waals surface area contributed by atoms with Gasteiger partial charge in [-0.2, -0.15) is 5.48 Å². The van der Waals surface area contributed by atoms with E-state index in [1.54, 1.807) is 25.1 Å². The Kier molecular flexibility index (Phi) is 6.02. The van der Waals surface area contributed by atoms with Gasteiger partial charge in [0.25, 0.3) is 0 Å². The van der Waals surface area contributed by atoms with Gasteiger partial charge < -0.3 is 13.9 Å². The van der Waals surface area contributed by atoms with Gasteiger partial charge in [-0.25, -0.2) is 9.36 Å². The first kappa shape index (κ1) is 17.8. The molecule has 6 nitrogen and oxygen atoms in total. The minimum absolute atomic E-state index is 0.277. The molecule has 0 aliphatic rings. The third kappa shape index (κ3) is 4.94. The molecule has 0 fully saturated rings. The van der Waals surface area contributed by atoms with Gasteiger partial charge in [0, 0.05) is 16.6 Å². The minimum Gasteiger partial charge on any atom is -0.404 e. The molecule has 1 N–H and O–H groups in total. The topological polar surface area (TPSA) is 73.9 Å². The molecule has 0 heterocycles. The second kappa shape index (κ2) is 7.79. The summed E-state index contributed by atoms with van der Waals surface area (Å²) in [7, 11) is 0. The third-order valence-corrected chi connectivity index (χ3v) is 4.14. The van der Waals surface area contributed by atoms with Crippen molar-refractivity contribution in [2.45, 2.75) is 19.9 Å². The van der Waals surface area contributed by atoms with Gasteiger partial charge in [-0.15, -0.1) is 0 Å².